The van der Waals surface area contributed by atoms with Crippen molar-refractivity contribution in [3.63, 3.8) is 0 Å². The molecular formula is C30H39F2N3O3. The molecule has 6 nitrogen and oxygen atoms in total. The second-order valence-corrected chi connectivity index (χ2v) is 10.6. The molecular weight excluding hydrogens is 488 g/mol. The standard InChI is InChI=1S/C30H39F2N3O3/c1-20(13-22-7-9-24(31)16-27(22)32)17-35(30(36)23-8-11-28(37-2)29(15-23)38-3)19-26-5-4-12-34(26)18-21-6-10-25(33)14-21/h7-9,11,13,15-16,21,25-26H,4-6,10,12,14,17-19,33H2,1-3H3/t21-,25+,26-/m0/s1. The average molecular weight is 528 g/mol. The number of methoxy groups -OCH3 is 2. The predicted molar refractivity (Wildman–Crippen MR) is 145 cm³/mol. The summed E-state index contributed by atoms with van der Waals surface area (Å²) in [7, 11) is 3.10. The fourth-order valence-corrected chi connectivity index (χ4v) is 5.81. The van der Waals surface area contributed by atoms with E-state index in [-0.39, 0.29) is 11.9 Å². The summed E-state index contributed by atoms with van der Waals surface area (Å²) in [4.78, 5) is 18.2. The smallest absolute Gasteiger partial charge is 0.254 e. The Morgan fingerprint density at radius 3 is 2.58 bits per heavy atom. The van der Waals surface area contributed by atoms with Gasteiger partial charge in [-0.2, -0.15) is 0 Å². The van der Waals surface area contributed by atoms with Gasteiger partial charge in [0.2, 0.25) is 0 Å². The SMILES string of the molecule is COc1ccc(C(=O)N(CC(C)=Cc2ccc(F)cc2F)C[C@@H]2CCCN2C[C@H]2CC[C@@H](N)C2)cc1OC. The van der Waals surface area contributed by atoms with Crippen LogP contribution < -0.4 is 15.2 Å². The quantitative estimate of drug-likeness (QED) is 0.465. The van der Waals surface area contributed by atoms with Crippen LogP contribution in [0.1, 0.15) is 54.9 Å². The molecule has 38 heavy (non-hydrogen) atoms. The van der Waals surface area contributed by atoms with E-state index in [0.717, 1.165) is 56.8 Å². The van der Waals surface area contributed by atoms with Crippen molar-refractivity contribution < 1.29 is 23.0 Å². The third-order valence-electron chi connectivity index (χ3n) is 7.73. The van der Waals surface area contributed by atoms with Crippen molar-refractivity contribution in [2.75, 3.05) is 40.4 Å². The lowest BCUT2D eigenvalue weighted by Gasteiger charge is -2.33. The molecule has 1 saturated carbocycles. The first-order valence-electron chi connectivity index (χ1n) is 13.4. The van der Waals surface area contributed by atoms with Gasteiger partial charge in [0.1, 0.15) is 11.6 Å². The van der Waals surface area contributed by atoms with Crippen molar-refractivity contribution in [2.24, 2.45) is 11.7 Å². The molecule has 2 aromatic rings. The number of carbonyl (C=O) groups excluding carboxylic acids is 1. The zero-order chi connectivity index (χ0) is 27.2. The molecule has 0 radical (unpaired) electrons. The highest BCUT2D eigenvalue weighted by Gasteiger charge is 2.32. The van der Waals surface area contributed by atoms with Crippen molar-refractivity contribution >= 4 is 12.0 Å². The second kappa shape index (κ2) is 12.7. The average Bonchev–Trinajstić information content (AvgIpc) is 3.52. The number of ether oxygens (including phenoxy) is 2. The minimum atomic E-state index is -0.626. The van der Waals surface area contributed by atoms with Gasteiger partial charge in [-0.25, -0.2) is 8.78 Å². The topological polar surface area (TPSA) is 68.0 Å². The lowest BCUT2D eigenvalue weighted by molar-refractivity contribution is 0.0714. The molecule has 206 valence electrons. The maximum Gasteiger partial charge on any atom is 0.254 e. The number of amides is 1. The number of benzene rings is 2. The third-order valence-corrected chi connectivity index (χ3v) is 7.73. The molecule has 1 aliphatic carbocycles. The van der Waals surface area contributed by atoms with Crippen molar-refractivity contribution in [2.45, 2.75) is 51.1 Å². The normalized spacial score (nSPS) is 22.1. The Hall–Kier alpha value is -2.97. The summed E-state index contributed by atoms with van der Waals surface area (Å²) in [5.41, 5.74) is 7.75. The van der Waals surface area contributed by atoms with Gasteiger partial charge >= 0.3 is 0 Å². The molecule has 1 saturated heterocycles. The van der Waals surface area contributed by atoms with E-state index in [4.69, 9.17) is 15.2 Å². The van der Waals surface area contributed by atoms with Crippen LogP contribution in [0.3, 0.4) is 0 Å². The molecule has 2 aliphatic rings. The number of hydrogen-bond donors (Lipinski definition) is 1. The molecule has 2 aromatic carbocycles. The summed E-state index contributed by atoms with van der Waals surface area (Å²) in [6, 6.07) is 9.22. The van der Waals surface area contributed by atoms with Gasteiger partial charge in [-0.3, -0.25) is 9.69 Å². The van der Waals surface area contributed by atoms with E-state index >= 15 is 0 Å². The van der Waals surface area contributed by atoms with Crippen LogP contribution in [0.25, 0.3) is 6.08 Å². The largest absolute Gasteiger partial charge is 0.493 e. The van der Waals surface area contributed by atoms with Gasteiger partial charge in [0.05, 0.1) is 14.2 Å². The van der Waals surface area contributed by atoms with Gasteiger partial charge in [-0.05, 0) is 81.8 Å². The van der Waals surface area contributed by atoms with Crippen LogP contribution in [0.4, 0.5) is 8.78 Å². The Labute approximate surface area is 224 Å². The van der Waals surface area contributed by atoms with Crippen molar-refractivity contribution in [3.05, 3.63) is 64.7 Å². The van der Waals surface area contributed by atoms with E-state index in [9.17, 15) is 13.6 Å². The number of nitrogens with zero attached hydrogens (tertiary/aromatic N) is 2. The summed E-state index contributed by atoms with van der Waals surface area (Å²) in [5.74, 6) is 0.261. The van der Waals surface area contributed by atoms with E-state index in [1.54, 1.807) is 38.5 Å². The third kappa shape index (κ3) is 6.91. The Morgan fingerprint density at radius 2 is 1.89 bits per heavy atom. The molecule has 1 aliphatic heterocycles. The molecule has 3 atom stereocenters. The van der Waals surface area contributed by atoms with Gasteiger partial charge in [-0.15, -0.1) is 0 Å². The maximum atomic E-state index is 14.3. The molecule has 2 fully saturated rings. The summed E-state index contributed by atoms with van der Waals surface area (Å²) in [6.07, 6.45) is 7.08. The molecule has 0 aromatic heterocycles. The lowest BCUT2D eigenvalue weighted by Crippen LogP contribution is -2.45. The van der Waals surface area contributed by atoms with Crippen LogP contribution in [0.15, 0.2) is 42.0 Å². The van der Waals surface area contributed by atoms with E-state index in [0.29, 0.717) is 47.7 Å². The first kappa shape index (κ1) is 28.0. The van der Waals surface area contributed by atoms with Crippen LogP contribution in [0.2, 0.25) is 0 Å². The van der Waals surface area contributed by atoms with Gasteiger partial charge < -0.3 is 20.1 Å². The number of nitrogens with two attached hydrogens (primary N) is 1. The van der Waals surface area contributed by atoms with Gasteiger partial charge in [-0.1, -0.05) is 11.6 Å². The van der Waals surface area contributed by atoms with Crippen LogP contribution in [-0.2, 0) is 0 Å². The van der Waals surface area contributed by atoms with E-state index in [1.807, 2.05) is 11.8 Å². The molecule has 0 bridgehead atoms. The summed E-state index contributed by atoms with van der Waals surface area (Å²) < 4.78 is 38.5. The summed E-state index contributed by atoms with van der Waals surface area (Å²) in [6.45, 7) is 4.77. The zero-order valence-electron chi connectivity index (χ0n) is 22.6. The summed E-state index contributed by atoms with van der Waals surface area (Å²) >= 11 is 0. The predicted octanol–water partition coefficient (Wildman–Crippen LogP) is 5.12. The van der Waals surface area contributed by atoms with Gasteiger partial charge in [0.15, 0.2) is 11.5 Å². The number of likely N-dealkylation sites (tertiary alicyclic amines) is 1. The minimum Gasteiger partial charge on any atom is -0.493 e. The highest BCUT2D eigenvalue weighted by molar-refractivity contribution is 5.95. The Kier molecular flexibility index (Phi) is 9.39. The van der Waals surface area contributed by atoms with E-state index < -0.39 is 11.6 Å². The summed E-state index contributed by atoms with van der Waals surface area (Å²) in [5, 5.41) is 0. The first-order valence-corrected chi connectivity index (χ1v) is 13.4. The molecule has 0 spiro atoms. The van der Waals surface area contributed by atoms with Gasteiger partial charge in [0, 0.05) is 48.9 Å². The van der Waals surface area contributed by atoms with E-state index in [2.05, 4.69) is 4.90 Å². The van der Waals surface area contributed by atoms with Crippen molar-refractivity contribution in [1.29, 1.82) is 0 Å². The first-order chi connectivity index (χ1) is 18.3. The fourth-order valence-electron chi connectivity index (χ4n) is 5.81. The van der Waals surface area contributed by atoms with Crippen molar-refractivity contribution in [3.8, 4) is 11.5 Å². The zero-order valence-corrected chi connectivity index (χ0v) is 22.6. The van der Waals surface area contributed by atoms with Gasteiger partial charge in [0.25, 0.3) is 5.91 Å². The lowest BCUT2D eigenvalue weighted by atomic mass is 10.1. The number of halogens is 2. The molecule has 2 N–H and O–H groups in total. The van der Waals surface area contributed by atoms with Crippen LogP contribution >= 0.6 is 0 Å². The molecule has 1 heterocycles. The highest BCUT2D eigenvalue weighted by atomic mass is 19.1. The molecule has 1 amide bonds. The molecule has 8 heteroatoms. The second-order valence-electron chi connectivity index (χ2n) is 10.6. The maximum absolute atomic E-state index is 14.3. The highest BCUT2D eigenvalue weighted by Crippen LogP contribution is 2.30. The fraction of sp³-hybridized carbons (Fsp3) is 0.500. The Morgan fingerprint density at radius 1 is 1.11 bits per heavy atom. The van der Waals surface area contributed by atoms with E-state index in [1.165, 1.54) is 12.1 Å². The monoisotopic (exact) mass is 527 g/mol. The minimum absolute atomic E-state index is 0.131. The van der Waals surface area contributed by atoms with Crippen molar-refractivity contribution in [1.82, 2.24) is 9.80 Å². The molecule has 0 unspecified atom stereocenters. The van der Waals surface area contributed by atoms with Crippen LogP contribution in [0, 0.1) is 17.6 Å². The van der Waals surface area contributed by atoms with Crippen LogP contribution in [-0.4, -0.2) is 68.2 Å². The number of rotatable bonds is 10. The number of carbonyl (C=O) groups is 1. The Balaban J connectivity index is 1.57. The van der Waals surface area contributed by atoms with Crippen LogP contribution in [0.5, 0.6) is 11.5 Å². The Bertz CT molecular complexity index is 1160. The molecule has 4 rings (SSSR count). The number of hydrogen-bond acceptors (Lipinski definition) is 5.